The van der Waals surface area contributed by atoms with E-state index in [1.165, 1.54) is 0 Å². The van der Waals surface area contributed by atoms with Gasteiger partial charge in [0, 0.05) is 17.0 Å². The van der Waals surface area contributed by atoms with Gasteiger partial charge in [0.05, 0.1) is 0 Å². The molecule has 2 aromatic carbocycles. The van der Waals surface area contributed by atoms with Crippen LogP contribution in [0.4, 0.5) is 0 Å². The van der Waals surface area contributed by atoms with Crippen molar-refractivity contribution in [2.24, 2.45) is 5.41 Å². The van der Waals surface area contributed by atoms with E-state index in [1.807, 2.05) is 68.4 Å². The van der Waals surface area contributed by atoms with Gasteiger partial charge in [0.2, 0.25) is 5.91 Å². The zero-order valence-electron chi connectivity index (χ0n) is 12.4. The second-order valence-corrected chi connectivity index (χ2v) is 6.23. The molecule has 3 heteroatoms. The molecule has 0 bridgehead atoms. The number of hydrogen-bond donors (Lipinski definition) is 1. The maximum absolute atomic E-state index is 12.4. The van der Waals surface area contributed by atoms with Gasteiger partial charge in [-0.1, -0.05) is 74.0 Å². The van der Waals surface area contributed by atoms with Crippen molar-refractivity contribution in [2.45, 2.75) is 26.8 Å². The fourth-order valence-corrected chi connectivity index (χ4v) is 2.45. The monoisotopic (exact) mass is 301 g/mol. The summed E-state index contributed by atoms with van der Waals surface area (Å²) >= 11 is 6.10. The zero-order chi connectivity index (χ0) is 15.3. The van der Waals surface area contributed by atoms with Crippen LogP contribution in [0.15, 0.2) is 54.6 Å². The summed E-state index contributed by atoms with van der Waals surface area (Å²) in [5.74, 6) is 0.0336. The fourth-order valence-electron chi connectivity index (χ4n) is 2.24. The van der Waals surface area contributed by atoms with Crippen molar-refractivity contribution in [1.29, 1.82) is 0 Å². The third-order valence-electron chi connectivity index (χ3n) is 3.50. The molecule has 2 aromatic rings. The van der Waals surface area contributed by atoms with Gasteiger partial charge in [0.25, 0.3) is 0 Å². The number of nitrogens with one attached hydrogen (secondary N) is 1. The lowest BCUT2D eigenvalue weighted by molar-refractivity contribution is -0.129. The minimum absolute atomic E-state index is 0.0336. The van der Waals surface area contributed by atoms with Crippen molar-refractivity contribution in [3.05, 3.63) is 70.7 Å². The average Bonchev–Trinajstić information content (AvgIpc) is 2.46. The summed E-state index contributed by atoms with van der Waals surface area (Å²) in [6, 6.07) is 17.6. The Hall–Kier alpha value is -1.80. The third-order valence-corrected chi connectivity index (χ3v) is 3.87. The quantitative estimate of drug-likeness (QED) is 0.880. The van der Waals surface area contributed by atoms with Crippen LogP contribution in [0.3, 0.4) is 0 Å². The molecule has 2 nitrogen and oxygen atoms in total. The summed E-state index contributed by atoms with van der Waals surface area (Å²) in [6.07, 6.45) is 0.711. The molecule has 0 heterocycles. The number of carbonyl (C=O) groups excluding carboxylic acids is 1. The van der Waals surface area contributed by atoms with Crippen LogP contribution in [0.5, 0.6) is 0 Å². The van der Waals surface area contributed by atoms with Gasteiger partial charge in [-0.2, -0.15) is 0 Å². The summed E-state index contributed by atoms with van der Waals surface area (Å²) in [4.78, 5) is 12.4. The largest absolute Gasteiger partial charge is 0.351 e. The van der Waals surface area contributed by atoms with Gasteiger partial charge in [-0.3, -0.25) is 4.79 Å². The molecule has 2 rings (SSSR count). The Kier molecular flexibility index (Phi) is 5.03. The average molecular weight is 302 g/mol. The number of halogens is 1. The summed E-state index contributed by atoms with van der Waals surface area (Å²) in [7, 11) is 0. The second kappa shape index (κ2) is 6.77. The van der Waals surface area contributed by atoms with Gasteiger partial charge in [-0.25, -0.2) is 0 Å². The highest BCUT2D eigenvalue weighted by atomic mass is 35.5. The molecule has 110 valence electrons. The number of rotatable bonds is 5. The van der Waals surface area contributed by atoms with Crippen molar-refractivity contribution in [2.75, 3.05) is 0 Å². The minimum atomic E-state index is -0.456. The first kappa shape index (κ1) is 15.6. The van der Waals surface area contributed by atoms with Crippen molar-refractivity contribution in [3.63, 3.8) is 0 Å². The standard InChI is InChI=1S/C18H20ClNO/c1-18(2,12-14-8-4-3-5-9-14)17(21)20-13-15-10-6-7-11-16(15)19/h3-11H,12-13H2,1-2H3,(H,20,21). The highest BCUT2D eigenvalue weighted by Crippen LogP contribution is 2.22. The number of carbonyl (C=O) groups is 1. The molecule has 21 heavy (non-hydrogen) atoms. The van der Waals surface area contributed by atoms with Crippen molar-refractivity contribution >= 4 is 17.5 Å². The smallest absolute Gasteiger partial charge is 0.226 e. The Labute approximate surface area is 131 Å². The van der Waals surface area contributed by atoms with Gasteiger partial charge >= 0.3 is 0 Å². The zero-order valence-corrected chi connectivity index (χ0v) is 13.2. The SMILES string of the molecule is CC(C)(Cc1ccccc1)C(=O)NCc1ccccc1Cl. The van der Waals surface area contributed by atoms with E-state index in [9.17, 15) is 4.79 Å². The van der Waals surface area contributed by atoms with Crippen LogP contribution < -0.4 is 5.32 Å². The van der Waals surface area contributed by atoms with Crippen LogP contribution in [0.25, 0.3) is 0 Å². The molecule has 0 aliphatic rings. The van der Waals surface area contributed by atoms with Crippen LogP contribution in [-0.2, 0) is 17.8 Å². The van der Waals surface area contributed by atoms with Crippen LogP contribution in [0, 0.1) is 5.41 Å². The van der Waals surface area contributed by atoms with Crippen LogP contribution in [0.1, 0.15) is 25.0 Å². The van der Waals surface area contributed by atoms with Crippen molar-refractivity contribution in [1.82, 2.24) is 5.32 Å². The van der Waals surface area contributed by atoms with E-state index in [0.717, 1.165) is 11.1 Å². The Balaban J connectivity index is 1.97. The topological polar surface area (TPSA) is 29.1 Å². The molecule has 0 radical (unpaired) electrons. The Bertz CT molecular complexity index is 608. The molecule has 0 unspecified atom stereocenters. The fraction of sp³-hybridized carbons (Fsp3) is 0.278. The highest BCUT2D eigenvalue weighted by molar-refractivity contribution is 6.31. The van der Waals surface area contributed by atoms with Crippen LogP contribution >= 0.6 is 11.6 Å². The number of hydrogen-bond acceptors (Lipinski definition) is 1. The first-order chi connectivity index (χ1) is 9.99. The molecule has 0 aliphatic carbocycles. The molecular formula is C18H20ClNO. The Morgan fingerprint density at radius 2 is 1.67 bits per heavy atom. The van der Waals surface area contributed by atoms with Crippen LogP contribution in [0.2, 0.25) is 5.02 Å². The van der Waals surface area contributed by atoms with Gasteiger partial charge in [-0.05, 0) is 23.6 Å². The molecule has 0 aromatic heterocycles. The van der Waals surface area contributed by atoms with E-state index in [-0.39, 0.29) is 5.91 Å². The molecule has 1 N–H and O–H groups in total. The first-order valence-corrected chi connectivity index (χ1v) is 7.42. The molecule has 1 amide bonds. The summed E-state index contributed by atoms with van der Waals surface area (Å²) < 4.78 is 0. The third kappa shape index (κ3) is 4.33. The predicted molar refractivity (Wildman–Crippen MR) is 87.2 cm³/mol. The normalized spacial score (nSPS) is 11.2. The van der Waals surface area contributed by atoms with E-state index >= 15 is 0 Å². The predicted octanol–water partition coefficient (Wildman–Crippen LogP) is 4.23. The first-order valence-electron chi connectivity index (χ1n) is 7.05. The van der Waals surface area contributed by atoms with E-state index in [0.29, 0.717) is 18.0 Å². The summed E-state index contributed by atoms with van der Waals surface area (Å²) in [5, 5.41) is 3.66. The van der Waals surface area contributed by atoms with E-state index in [1.54, 1.807) is 0 Å². The maximum Gasteiger partial charge on any atom is 0.226 e. The van der Waals surface area contributed by atoms with E-state index in [4.69, 9.17) is 11.6 Å². The summed E-state index contributed by atoms with van der Waals surface area (Å²) in [6.45, 7) is 4.38. The molecule has 0 fully saturated rings. The molecule has 0 aliphatic heterocycles. The van der Waals surface area contributed by atoms with E-state index in [2.05, 4.69) is 5.32 Å². The lowest BCUT2D eigenvalue weighted by atomic mass is 9.85. The lowest BCUT2D eigenvalue weighted by Gasteiger charge is -2.24. The van der Waals surface area contributed by atoms with Gasteiger partial charge < -0.3 is 5.32 Å². The second-order valence-electron chi connectivity index (χ2n) is 5.82. The molecule has 0 saturated heterocycles. The number of amides is 1. The maximum atomic E-state index is 12.4. The highest BCUT2D eigenvalue weighted by Gasteiger charge is 2.27. The van der Waals surface area contributed by atoms with E-state index < -0.39 is 5.41 Å². The van der Waals surface area contributed by atoms with Gasteiger partial charge in [0.1, 0.15) is 0 Å². The lowest BCUT2D eigenvalue weighted by Crippen LogP contribution is -2.38. The Morgan fingerprint density at radius 3 is 2.33 bits per heavy atom. The number of benzene rings is 2. The van der Waals surface area contributed by atoms with Crippen molar-refractivity contribution < 1.29 is 4.79 Å². The van der Waals surface area contributed by atoms with Crippen LogP contribution in [-0.4, -0.2) is 5.91 Å². The van der Waals surface area contributed by atoms with Gasteiger partial charge in [0.15, 0.2) is 0 Å². The minimum Gasteiger partial charge on any atom is -0.351 e. The van der Waals surface area contributed by atoms with Gasteiger partial charge in [-0.15, -0.1) is 0 Å². The molecule has 0 spiro atoms. The molecule has 0 atom stereocenters. The molecule has 0 saturated carbocycles. The molecular weight excluding hydrogens is 282 g/mol. The van der Waals surface area contributed by atoms with Crippen molar-refractivity contribution in [3.8, 4) is 0 Å². The Morgan fingerprint density at radius 1 is 1.05 bits per heavy atom. The summed E-state index contributed by atoms with van der Waals surface area (Å²) in [5.41, 5.74) is 1.64.